The lowest BCUT2D eigenvalue weighted by atomic mass is 9.77. The minimum absolute atomic E-state index is 0.191. The molecule has 98 valence electrons. The molecule has 2 nitrogen and oxygen atoms in total. The third-order valence-corrected chi connectivity index (χ3v) is 6.08. The highest BCUT2D eigenvalue weighted by atomic mass is 79.9. The maximum atomic E-state index is 12.0. The van der Waals surface area contributed by atoms with Gasteiger partial charge in [-0.2, -0.15) is 0 Å². The summed E-state index contributed by atoms with van der Waals surface area (Å²) in [6.07, 6.45) is 8.99. The fraction of sp³-hybridized carbons (Fsp3) is 0.643. The zero-order chi connectivity index (χ0) is 12.9. The number of nitrogens with zero attached hydrogens (tertiary/aromatic N) is 1. The van der Waals surface area contributed by atoms with E-state index in [1.807, 2.05) is 0 Å². The molecule has 0 aromatic heterocycles. The van der Waals surface area contributed by atoms with Crippen molar-refractivity contribution >= 4 is 37.8 Å². The van der Waals surface area contributed by atoms with Gasteiger partial charge >= 0.3 is 0 Å². The molecule has 2 aliphatic carbocycles. The van der Waals surface area contributed by atoms with Gasteiger partial charge in [-0.05, 0) is 35.7 Å². The van der Waals surface area contributed by atoms with Crippen LogP contribution >= 0.6 is 31.9 Å². The van der Waals surface area contributed by atoms with Crippen LogP contribution in [-0.4, -0.2) is 21.7 Å². The van der Waals surface area contributed by atoms with E-state index in [1.54, 1.807) is 6.92 Å². The molecule has 1 amide bonds. The molecule has 1 heterocycles. The molecule has 1 saturated carbocycles. The predicted molar refractivity (Wildman–Crippen MR) is 79.6 cm³/mol. The SMILES string of the molecule is CC(=O)N1C2=CC=C(Br)CC2C2CCCC(Br)C21. The number of allylic oxidation sites excluding steroid dienone is 4. The van der Waals surface area contributed by atoms with Gasteiger partial charge in [0.25, 0.3) is 0 Å². The van der Waals surface area contributed by atoms with Crippen molar-refractivity contribution in [3.05, 3.63) is 22.3 Å². The molecule has 0 radical (unpaired) electrons. The van der Waals surface area contributed by atoms with Gasteiger partial charge in [-0.15, -0.1) is 0 Å². The number of likely N-dealkylation sites (tertiary alicyclic amines) is 1. The van der Waals surface area contributed by atoms with Crippen LogP contribution in [0.25, 0.3) is 0 Å². The van der Waals surface area contributed by atoms with E-state index in [0.29, 0.717) is 22.7 Å². The summed E-state index contributed by atoms with van der Waals surface area (Å²) in [6, 6.07) is 0.360. The fourth-order valence-electron chi connectivity index (χ4n) is 3.83. The Hall–Kier alpha value is -0.0900. The first-order chi connectivity index (χ1) is 8.59. The van der Waals surface area contributed by atoms with Crippen LogP contribution in [0.3, 0.4) is 0 Å². The molecule has 18 heavy (non-hydrogen) atoms. The van der Waals surface area contributed by atoms with Gasteiger partial charge in [0.1, 0.15) is 0 Å². The van der Waals surface area contributed by atoms with Gasteiger partial charge in [-0.1, -0.05) is 44.4 Å². The van der Waals surface area contributed by atoms with Gasteiger partial charge in [0.15, 0.2) is 0 Å². The van der Waals surface area contributed by atoms with Crippen LogP contribution in [0.1, 0.15) is 32.6 Å². The molecule has 0 aromatic carbocycles. The van der Waals surface area contributed by atoms with Crippen LogP contribution in [0.5, 0.6) is 0 Å². The van der Waals surface area contributed by atoms with Crippen LogP contribution in [0.15, 0.2) is 22.3 Å². The number of hydrogen-bond acceptors (Lipinski definition) is 1. The fourth-order valence-corrected chi connectivity index (χ4v) is 5.26. The first kappa shape index (κ1) is 12.9. The smallest absolute Gasteiger partial charge is 0.223 e. The van der Waals surface area contributed by atoms with Gasteiger partial charge in [0.05, 0.1) is 6.04 Å². The molecular weight excluding hydrogens is 358 g/mol. The van der Waals surface area contributed by atoms with E-state index in [2.05, 4.69) is 48.9 Å². The van der Waals surface area contributed by atoms with Crippen LogP contribution in [0, 0.1) is 11.8 Å². The first-order valence-corrected chi connectivity index (χ1v) is 8.30. The maximum Gasteiger partial charge on any atom is 0.223 e. The zero-order valence-electron chi connectivity index (χ0n) is 10.4. The summed E-state index contributed by atoms with van der Waals surface area (Å²) < 4.78 is 1.26. The van der Waals surface area contributed by atoms with E-state index < -0.39 is 0 Å². The highest BCUT2D eigenvalue weighted by Crippen LogP contribution is 2.51. The van der Waals surface area contributed by atoms with Crippen LogP contribution in [0.2, 0.25) is 0 Å². The Morgan fingerprint density at radius 2 is 2.17 bits per heavy atom. The Kier molecular flexibility index (Phi) is 3.43. The topological polar surface area (TPSA) is 20.3 Å². The molecular formula is C14H17Br2NO. The van der Waals surface area contributed by atoms with E-state index >= 15 is 0 Å². The second-order valence-corrected chi connectivity index (χ2v) is 7.70. The predicted octanol–water partition coefficient (Wildman–Crippen LogP) is 3.96. The monoisotopic (exact) mass is 373 g/mol. The van der Waals surface area contributed by atoms with Crippen LogP contribution in [-0.2, 0) is 4.79 Å². The van der Waals surface area contributed by atoms with E-state index in [9.17, 15) is 4.79 Å². The summed E-state index contributed by atoms with van der Waals surface area (Å²) in [5.74, 6) is 1.34. The van der Waals surface area contributed by atoms with Crippen molar-refractivity contribution in [1.29, 1.82) is 0 Å². The Balaban J connectivity index is 2.02. The van der Waals surface area contributed by atoms with Gasteiger partial charge in [0, 0.05) is 23.4 Å². The normalized spacial score (nSPS) is 38.7. The molecule has 4 heteroatoms. The van der Waals surface area contributed by atoms with E-state index in [-0.39, 0.29) is 5.91 Å². The molecule has 3 aliphatic rings. The van der Waals surface area contributed by atoms with E-state index in [4.69, 9.17) is 0 Å². The molecule has 0 bridgehead atoms. The van der Waals surface area contributed by atoms with Crippen molar-refractivity contribution in [2.75, 3.05) is 0 Å². The minimum atomic E-state index is 0.191. The molecule has 2 fully saturated rings. The molecule has 4 unspecified atom stereocenters. The molecule has 0 aromatic rings. The summed E-state index contributed by atoms with van der Waals surface area (Å²) in [4.78, 5) is 14.5. The number of halogens is 2. The Labute approximate surface area is 125 Å². The number of amides is 1. The number of carbonyl (C=O) groups excluding carboxylic acids is 1. The number of carbonyl (C=O) groups is 1. The van der Waals surface area contributed by atoms with Gasteiger partial charge < -0.3 is 4.90 Å². The van der Waals surface area contributed by atoms with E-state index in [0.717, 1.165) is 6.42 Å². The number of fused-ring (bicyclic) bond motifs is 3. The van der Waals surface area contributed by atoms with Crippen molar-refractivity contribution in [3.8, 4) is 0 Å². The molecule has 0 N–H and O–H groups in total. The quantitative estimate of drug-likeness (QED) is 0.587. The standard InChI is InChI=1S/C14H17Br2NO/c1-8(18)17-13-6-5-9(15)7-11(13)10-3-2-4-12(16)14(10)17/h5-6,10-12,14H,2-4,7H2,1H3. The van der Waals surface area contributed by atoms with Crippen molar-refractivity contribution in [1.82, 2.24) is 4.90 Å². The summed E-state index contributed by atoms with van der Waals surface area (Å²) >= 11 is 7.42. The summed E-state index contributed by atoms with van der Waals surface area (Å²) in [6.45, 7) is 1.70. The second kappa shape index (κ2) is 4.78. The van der Waals surface area contributed by atoms with Crippen molar-refractivity contribution in [2.45, 2.75) is 43.5 Å². The van der Waals surface area contributed by atoms with Crippen molar-refractivity contribution in [2.24, 2.45) is 11.8 Å². The third-order valence-electron chi connectivity index (χ3n) is 4.49. The lowest BCUT2D eigenvalue weighted by Crippen LogP contribution is -2.43. The Morgan fingerprint density at radius 3 is 2.89 bits per heavy atom. The number of alkyl halides is 1. The largest absolute Gasteiger partial charge is 0.312 e. The summed E-state index contributed by atoms with van der Waals surface area (Å²) in [7, 11) is 0. The summed E-state index contributed by atoms with van der Waals surface area (Å²) in [5.41, 5.74) is 1.24. The molecule has 1 aliphatic heterocycles. The highest BCUT2D eigenvalue weighted by molar-refractivity contribution is 9.11. The summed E-state index contributed by atoms with van der Waals surface area (Å²) in [5, 5.41) is 0. The molecule has 4 atom stereocenters. The second-order valence-electron chi connectivity index (χ2n) is 5.51. The van der Waals surface area contributed by atoms with Gasteiger partial charge in [0.2, 0.25) is 5.91 Å². The van der Waals surface area contributed by atoms with Crippen LogP contribution < -0.4 is 0 Å². The average Bonchev–Trinajstić information content (AvgIpc) is 2.65. The minimum Gasteiger partial charge on any atom is -0.312 e. The molecule has 0 spiro atoms. The average molecular weight is 375 g/mol. The maximum absolute atomic E-state index is 12.0. The van der Waals surface area contributed by atoms with Crippen LogP contribution in [0.4, 0.5) is 0 Å². The third kappa shape index (κ3) is 1.92. The lowest BCUT2D eigenvalue weighted by molar-refractivity contribution is -0.128. The Bertz CT molecular complexity index is 443. The van der Waals surface area contributed by atoms with Crippen molar-refractivity contribution < 1.29 is 4.79 Å². The molecule has 3 rings (SSSR count). The number of rotatable bonds is 0. The highest BCUT2D eigenvalue weighted by Gasteiger charge is 2.50. The van der Waals surface area contributed by atoms with Gasteiger partial charge in [-0.3, -0.25) is 4.79 Å². The first-order valence-electron chi connectivity index (χ1n) is 6.59. The lowest BCUT2D eigenvalue weighted by Gasteiger charge is -2.35. The van der Waals surface area contributed by atoms with E-state index in [1.165, 1.54) is 29.4 Å². The molecule has 1 saturated heterocycles. The number of hydrogen-bond donors (Lipinski definition) is 0. The zero-order valence-corrected chi connectivity index (χ0v) is 13.6. The van der Waals surface area contributed by atoms with Crippen molar-refractivity contribution in [3.63, 3.8) is 0 Å². The Morgan fingerprint density at radius 1 is 1.39 bits per heavy atom. The van der Waals surface area contributed by atoms with Gasteiger partial charge in [-0.25, -0.2) is 0 Å².